The molecule has 0 unspecified atom stereocenters. The van der Waals surface area contributed by atoms with Gasteiger partial charge in [-0.25, -0.2) is 4.79 Å². The van der Waals surface area contributed by atoms with Crippen LogP contribution in [0, 0.1) is 0 Å². The quantitative estimate of drug-likeness (QED) is 0.231. The van der Waals surface area contributed by atoms with Gasteiger partial charge >= 0.3 is 14.8 Å². The molecule has 0 bridgehead atoms. The maximum atomic E-state index is 11.6. The molecule has 0 aliphatic heterocycles. The number of carboxylic acid groups (broad SMARTS) is 1. The molecule has 0 aromatic rings. The fraction of sp³-hybridized carbons (Fsp3) is 0.842. The Morgan fingerprint density at radius 3 is 1.48 bits per heavy atom. The van der Waals surface area contributed by atoms with Crippen molar-refractivity contribution >= 4 is 14.8 Å². The molecule has 0 fully saturated rings. The summed E-state index contributed by atoms with van der Waals surface area (Å²) in [4.78, 5) is 11.6. The second kappa shape index (κ2) is 14.5. The van der Waals surface area contributed by atoms with Gasteiger partial charge in [0.2, 0.25) is 0 Å². The van der Waals surface area contributed by atoms with Crippen molar-refractivity contribution in [3.8, 4) is 0 Å². The van der Waals surface area contributed by atoms with Crippen LogP contribution in [0.4, 0.5) is 0 Å². The van der Waals surface area contributed by atoms with Crippen molar-refractivity contribution < 1.29 is 23.2 Å². The van der Waals surface area contributed by atoms with Crippen molar-refractivity contribution in [3.05, 3.63) is 10.8 Å². The fourth-order valence-corrected chi connectivity index (χ4v) is 5.52. The maximum absolute atomic E-state index is 11.6. The summed E-state index contributed by atoms with van der Waals surface area (Å²) < 4.78 is 18.7. The Balaban J connectivity index is 5.75. The van der Waals surface area contributed by atoms with Crippen molar-refractivity contribution in [2.45, 2.75) is 86.0 Å². The van der Waals surface area contributed by atoms with Gasteiger partial charge in [0.25, 0.3) is 0 Å². The molecule has 0 heterocycles. The first-order valence-electron chi connectivity index (χ1n) is 9.84. The minimum atomic E-state index is -3.18. The van der Waals surface area contributed by atoms with Crippen LogP contribution in [0.1, 0.15) is 86.0 Å². The minimum absolute atomic E-state index is 0.318. The highest BCUT2D eigenvalue weighted by molar-refractivity contribution is 6.69. The molecule has 148 valence electrons. The van der Waals surface area contributed by atoms with Crippen LogP contribution in [0.3, 0.4) is 0 Å². The van der Waals surface area contributed by atoms with Crippen molar-refractivity contribution in [2.24, 2.45) is 0 Å². The number of unbranched alkanes of at least 4 members (excludes halogenated alkanes) is 3. The standard InChI is InChI=1S/C19H38O5Si/c1-6-10-14-22-25(23-15-11-7-2,24-16-12-8-3)18(13-9-4)17(5)19(20)21/h6-16H2,1-5H3,(H,20,21). The zero-order valence-electron chi connectivity index (χ0n) is 16.9. The predicted octanol–water partition coefficient (Wildman–Crippen LogP) is 5.12. The molecule has 0 saturated carbocycles. The highest BCUT2D eigenvalue weighted by Gasteiger charge is 2.47. The lowest BCUT2D eigenvalue weighted by atomic mass is 10.2. The summed E-state index contributed by atoms with van der Waals surface area (Å²) in [6.07, 6.45) is 7.24. The van der Waals surface area contributed by atoms with Gasteiger partial charge < -0.3 is 18.4 Å². The van der Waals surface area contributed by atoms with Gasteiger partial charge in [-0.1, -0.05) is 53.4 Å². The van der Waals surface area contributed by atoms with Crippen LogP contribution < -0.4 is 0 Å². The van der Waals surface area contributed by atoms with E-state index in [1.807, 2.05) is 6.92 Å². The van der Waals surface area contributed by atoms with Gasteiger partial charge in [0.05, 0.1) is 0 Å². The average Bonchev–Trinajstić information content (AvgIpc) is 2.59. The second-order valence-electron chi connectivity index (χ2n) is 6.32. The molecule has 5 nitrogen and oxygen atoms in total. The summed E-state index contributed by atoms with van der Waals surface area (Å²) in [5, 5.41) is 10.3. The highest BCUT2D eigenvalue weighted by atomic mass is 28.4. The maximum Gasteiger partial charge on any atom is 0.533 e. The van der Waals surface area contributed by atoms with Gasteiger partial charge in [-0.15, -0.1) is 0 Å². The molecule has 0 rings (SSSR count). The largest absolute Gasteiger partial charge is 0.533 e. The number of carboxylic acids is 1. The molecule has 0 spiro atoms. The first kappa shape index (κ1) is 24.3. The topological polar surface area (TPSA) is 65.0 Å². The smallest absolute Gasteiger partial charge is 0.478 e. The minimum Gasteiger partial charge on any atom is -0.478 e. The Morgan fingerprint density at radius 2 is 1.20 bits per heavy atom. The first-order chi connectivity index (χ1) is 12.0. The lowest BCUT2D eigenvalue weighted by Gasteiger charge is -2.32. The lowest BCUT2D eigenvalue weighted by molar-refractivity contribution is -0.132. The number of allylic oxidation sites excluding steroid dienone is 1. The number of carbonyl (C=O) groups is 1. The molecule has 0 saturated heterocycles. The van der Waals surface area contributed by atoms with Gasteiger partial charge in [0, 0.05) is 30.6 Å². The summed E-state index contributed by atoms with van der Waals surface area (Å²) in [6.45, 7) is 11.6. The monoisotopic (exact) mass is 374 g/mol. The molecule has 0 aromatic carbocycles. The number of hydrogen-bond acceptors (Lipinski definition) is 4. The predicted molar refractivity (Wildman–Crippen MR) is 104 cm³/mol. The number of rotatable bonds is 16. The van der Waals surface area contributed by atoms with Crippen LogP contribution >= 0.6 is 0 Å². The van der Waals surface area contributed by atoms with E-state index in [1.165, 1.54) is 0 Å². The average molecular weight is 375 g/mol. The third-order valence-electron chi connectivity index (χ3n) is 4.01. The van der Waals surface area contributed by atoms with Crippen molar-refractivity contribution in [1.29, 1.82) is 0 Å². The van der Waals surface area contributed by atoms with E-state index < -0.39 is 14.8 Å². The van der Waals surface area contributed by atoms with E-state index in [1.54, 1.807) is 6.92 Å². The summed E-state index contributed by atoms with van der Waals surface area (Å²) in [5.74, 6) is -0.919. The van der Waals surface area contributed by atoms with Crippen LogP contribution in [0.15, 0.2) is 10.8 Å². The van der Waals surface area contributed by atoms with Crippen LogP contribution in [0.5, 0.6) is 0 Å². The third-order valence-corrected chi connectivity index (χ3v) is 7.13. The molecule has 25 heavy (non-hydrogen) atoms. The van der Waals surface area contributed by atoms with Crippen LogP contribution in [-0.2, 0) is 18.1 Å². The van der Waals surface area contributed by atoms with Gasteiger partial charge in [-0.2, -0.15) is 0 Å². The molecular formula is C19H38O5Si. The zero-order chi connectivity index (χ0) is 19.1. The van der Waals surface area contributed by atoms with Crippen LogP contribution in [-0.4, -0.2) is 39.7 Å². The van der Waals surface area contributed by atoms with Crippen molar-refractivity contribution in [2.75, 3.05) is 19.8 Å². The molecular weight excluding hydrogens is 336 g/mol. The first-order valence-corrected chi connectivity index (χ1v) is 11.6. The van der Waals surface area contributed by atoms with Crippen LogP contribution in [0.25, 0.3) is 0 Å². The molecule has 0 aliphatic carbocycles. The highest BCUT2D eigenvalue weighted by Crippen LogP contribution is 2.28. The van der Waals surface area contributed by atoms with Gasteiger partial charge in [-0.05, 0) is 32.6 Å². The molecule has 0 aromatic heterocycles. The molecule has 0 amide bonds. The van der Waals surface area contributed by atoms with E-state index in [4.69, 9.17) is 13.3 Å². The summed E-state index contributed by atoms with van der Waals surface area (Å²) in [5.41, 5.74) is 0.318. The summed E-state index contributed by atoms with van der Waals surface area (Å²) >= 11 is 0. The van der Waals surface area contributed by atoms with E-state index in [9.17, 15) is 9.90 Å². The molecule has 0 radical (unpaired) electrons. The van der Waals surface area contributed by atoms with Gasteiger partial charge in [-0.3, -0.25) is 0 Å². The van der Waals surface area contributed by atoms with E-state index in [-0.39, 0.29) is 0 Å². The Kier molecular flexibility index (Phi) is 14.1. The van der Waals surface area contributed by atoms with Crippen molar-refractivity contribution in [1.82, 2.24) is 0 Å². The van der Waals surface area contributed by atoms with E-state index in [2.05, 4.69) is 20.8 Å². The lowest BCUT2D eigenvalue weighted by Crippen LogP contribution is -2.50. The summed E-state index contributed by atoms with van der Waals surface area (Å²) in [7, 11) is -3.18. The number of hydrogen-bond donors (Lipinski definition) is 1. The normalized spacial score (nSPS) is 13.0. The molecule has 0 aliphatic rings. The SMILES string of the molecule is CCCCO[Si](OCCCC)(OCCCC)C(CCC)=C(C)C(=O)O. The Bertz CT molecular complexity index is 369. The number of aliphatic carboxylic acids is 1. The molecule has 0 atom stereocenters. The zero-order valence-corrected chi connectivity index (χ0v) is 17.9. The van der Waals surface area contributed by atoms with E-state index >= 15 is 0 Å². The second-order valence-corrected chi connectivity index (χ2v) is 8.90. The van der Waals surface area contributed by atoms with Crippen LogP contribution in [0.2, 0.25) is 0 Å². The fourth-order valence-electron chi connectivity index (χ4n) is 2.39. The summed E-state index contributed by atoms with van der Waals surface area (Å²) in [6, 6.07) is 0. The molecule has 1 N–H and O–H groups in total. The van der Waals surface area contributed by atoms with E-state index in [0.717, 1.165) is 50.1 Å². The van der Waals surface area contributed by atoms with Crippen molar-refractivity contribution in [3.63, 3.8) is 0 Å². The van der Waals surface area contributed by atoms with Gasteiger partial charge in [0.1, 0.15) is 0 Å². The van der Waals surface area contributed by atoms with Gasteiger partial charge in [0.15, 0.2) is 0 Å². The van der Waals surface area contributed by atoms with E-state index in [0.29, 0.717) is 31.8 Å². The third kappa shape index (κ3) is 8.99. The Labute approximate surface area is 155 Å². The molecule has 6 heteroatoms. The Hall–Kier alpha value is -0.693. The Morgan fingerprint density at radius 1 is 0.800 bits per heavy atom.